The van der Waals surface area contributed by atoms with Crippen LogP contribution in [0.5, 0.6) is 5.75 Å². The summed E-state index contributed by atoms with van der Waals surface area (Å²) in [5.41, 5.74) is 2.83. The van der Waals surface area contributed by atoms with Crippen molar-refractivity contribution < 1.29 is 14.2 Å². The Kier molecular flexibility index (Phi) is 3.29. The van der Waals surface area contributed by atoms with Crippen LogP contribution in [-0.2, 0) is 22.3 Å². The molecule has 3 rings (SSSR count). The van der Waals surface area contributed by atoms with Crippen LogP contribution < -0.4 is 4.74 Å². The van der Waals surface area contributed by atoms with Gasteiger partial charge in [-0.1, -0.05) is 12.1 Å². The molecule has 2 aliphatic rings. The molecule has 1 aromatic rings. The summed E-state index contributed by atoms with van der Waals surface area (Å²) in [5, 5.41) is 0. The third kappa shape index (κ3) is 2.45. The zero-order valence-corrected chi connectivity index (χ0v) is 9.98. The molecule has 1 fully saturated rings. The van der Waals surface area contributed by atoms with E-state index in [2.05, 4.69) is 18.2 Å². The summed E-state index contributed by atoms with van der Waals surface area (Å²) >= 11 is 0. The molecule has 0 amide bonds. The number of ether oxygens (including phenoxy) is 3. The second-order valence-corrected chi connectivity index (χ2v) is 4.58. The van der Waals surface area contributed by atoms with E-state index in [-0.39, 0.29) is 6.29 Å². The second kappa shape index (κ2) is 5.07. The minimum Gasteiger partial charge on any atom is -0.488 e. The highest BCUT2D eigenvalue weighted by molar-refractivity contribution is 5.41. The highest BCUT2D eigenvalue weighted by atomic mass is 16.7. The zero-order chi connectivity index (χ0) is 11.5. The number of rotatable bonds is 3. The van der Waals surface area contributed by atoms with E-state index in [0.29, 0.717) is 19.8 Å². The summed E-state index contributed by atoms with van der Waals surface area (Å²) in [6, 6.07) is 6.35. The number of fused-ring (bicyclic) bond motifs is 1. The van der Waals surface area contributed by atoms with Gasteiger partial charge in [-0.25, -0.2) is 0 Å². The molecule has 1 aliphatic heterocycles. The lowest BCUT2D eigenvalue weighted by atomic mass is 9.91. The smallest absolute Gasteiger partial charge is 0.191 e. The maximum absolute atomic E-state index is 5.84. The minimum absolute atomic E-state index is 0.186. The molecule has 92 valence electrons. The fraction of sp³-hybridized carbons (Fsp3) is 0.571. The van der Waals surface area contributed by atoms with Crippen molar-refractivity contribution in [2.24, 2.45) is 0 Å². The van der Waals surface area contributed by atoms with Crippen LogP contribution in [0.15, 0.2) is 18.2 Å². The van der Waals surface area contributed by atoms with E-state index in [1.807, 2.05) is 0 Å². The molecule has 3 nitrogen and oxygen atoms in total. The van der Waals surface area contributed by atoms with Crippen molar-refractivity contribution in [1.82, 2.24) is 0 Å². The average molecular weight is 234 g/mol. The Labute approximate surface area is 102 Å². The van der Waals surface area contributed by atoms with Gasteiger partial charge in [-0.15, -0.1) is 0 Å². The van der Waals surface area contributed by atoms with Crippen LogP contribution in [0.3, 0.4) is 0 Å². The van der Waals surface area contributed by atoms with Crippen molar-refractivity contribution in [2.45, 2.75) is 32.0 Å². The molecule has 1 aliphatic carbocycles. The van der Waals surface area contributed by atoms with Gasteiger partial charge in [-0.3, -0.25) is 0 Å². The molecule has 0 bridgehead atoms. The van der Waals surface area contributed by atoms with Crippen LogP contribution in [0.25, 0.3) is 0 Å². The van der Waals surface area contributed by atoms with Crippen molar-refractivity contribution >= 4 is 0 Å². The van der Waals surface area contributed by atoms with Gasteiger partial charge in [0.2, 0.25) is 0 Å². The lowest BCUT2D eigenvalue weighted by molar-refractivity contribution is -0.0685. The number of hydrogen-bond acceptors (Lipinski definition) is 3. The zero-order valence-electron chi connectivity index (χ0n) is 9.98. The summed E-state index contributed by atoms with van der Waals surface area (Å²) in [6.07, 6.45) is 4.70. The molecule has 0 unspecified atom stereocenters. The maximum Gasteiger partial charge on any atom is 0.191 e. The summed E-state index contributed by atoms with van der Waals surface area (Å²) in [4.78, 5) is 0. The standard InChI is InChI=1S/C14H18O3/c1-2-6-12-11(4-1)5-3-7-13(12)17-10-14-15-8-9-16-14/h3,5,7,14H,1-2,4,6,8-10H2. The topological polar surface area (TPSA) is 27.7 Å². The van der Waals surface area contributed by atoms with Crippen molar-refractivity contribution in [3.05, 3.63) is 29.3 Å². The van der Waals surface area contributed by atoms with E-state index in [4.69, 9.17) is 14.2 Å². The fourth-order valence-electron chi connectivity index (χ4n) is 2.54. The first-order valence-electron chi connectivity index (χ1n) is 6.40. The van der Waals surface area contributed by atoms with Crippen molar-refractivity contribution in [1.29, 1.82) is 0 Å². The van der Waals surface area contributed by atoms with Crippen LogP contribution >= 0.6 is 0 Å². The molecule has 0 N–H and O–H groups in total. The molecule has 1 aromatic carbocycles. The molecule has 0 atom stereocenters. The first-order chi connectivity index (χ1) is 8.43. The van der Waals surface area contributed by atoms with Gasteiger partial charge in [0.25, 0.3) is 0 Å². The third-order valence-corrected chi connectivity index (χ3v) is 3.42. The predicted molar refractivity (Wildman–Crippen MR) is 64.3 cm³/mol. The number of benzene rings is 1. The highest BCUT2D eigenvalue weighted by Gasteiger charge is 2.18. The Morgan fingerprint density at radius 3 is 2.82 bits per heavy atom. The highest BCUT2D eigenvalue weighted by Crippen LogP contribution is 2.29. The molecular weight excluding hydrogens is 216 g/mol. The SMILES string of the molecule is c1cc2c(c(OCC3OCCO3)c1)CCCC2. The Morgan fingerprint density at radius 1 is 1.12 bits per heavy atom. The summed E-state index contributed by atoms with van der Waals surface area (Å²) in [7, 11) is 0. The Hall–Kier alpha value is -1.06. The molecule has 0 spiro atoms. The van der Waals surface area contributed by atoms with Crippen molar-refractivity contribution in [3.63, 3.8) is 0 Å². The van der Waals surface area contributed by atoms with Gasteiger partial charge < -0.3 is 14.2 Å². The quantitative estimate of drug-likeness (QED) is 0.803. The van der Waals surface area contributed by atoms with Crippen molar-refractivity contribution in [2.75, 3.05) is 19.8 Å². The van der Waals surface area contributed by atoms with Gasteiger partial charge >= 0.3 is 0 Å². The first kappa shape index (κ1) is 11.1. The molecule has 0 saturated carbocycles. The fourth-order valence-corrected chi connectivity index (χ4v) is 2.54. The Bertz CT molecular complexity index is 383. The van der Waals surface area contributed by atoms with Crippen LogP contribution in [0, 0.1) is 0 Å². The molecule has 3 heteroatoms. The summed E-state index contributed by atoms with van der Waals surface area (Å²) in [5.74, 6) is 1.02. The lowest BCUT2D eigenvalue weighted by Gasteiger charge is -2.20. The van der Waals surface area contributed by atoms with Gasteiger partial charge in [0.1, 0.15) is 12.4 Å². The van der Waals surface area contributed by atoms with Crippen molar-refractivity contribution in [3.8, 4) is 5.75 Å². The van der Waals surface area contributed by atoms with Gasteiger partial charge in [0, 0.05) is 0 Å². The maximum atomic E-state index is 5.84. The Balaban J connectivity index is 1.69. The molecule has 0 aromatic heterocycles. The predicted octanol–water partition coefficient (Wildman–Crippen LogP) is 2.32. The molecule has 0 radical (unpaired) electrons. The normalized spacial score (nSPS) is 20.2. The van der Waals surface area contributed by atoms with Crippen LogP contribution in [-0.4, -0.2) is 26.1 Å². The lowest BCUT2D eigenvalue weighted by Crippen LogP contribution is -2.19. The van der Waals surface area contributed by atoms with Crippen LogP contribution in [0.4, 0.5) is 0 Å². The van der Waals surface area contributed by atoms with Crippen LogP contribution in [0.2, 0.25) is 0 Å². The van der Waals surface area contributed by atoms with E-state index in [0.717, 1.165) is 12.2 Å². The largest absolute Gasteiger partial charge is 0.488 e. The van der Waals surface area contributed by atoms with E-state index in [1.54, 1.807) is 0 Å². The monoisotopic (exact) mass is 234 g/mol. The van der Waals surface area contributed by atoms with E-state index >= 15 is 0 Å². The number of hydrogen-bond donors (Lipinski definition) is 0. The molecule has 17 heavy (non-hydrogen) atoms. The molecule has 1 saturated heterocycles. The van der Waals surface area contributed by atoms with E-state index in [9.17, 15) is 0 Å². The molecular formula is C14H18O3. The van der Waals surface area contributed by atoms with Gasteiger partial charge in [-0.05, 0) is 42.9 Å². The number of aryl methyl sites for hydroxylation is 1. The Morgan fingerprint density at radius 2 is 1.94 bits per heavy atom. The van der Waals surface area contributed by atoms with Gasteiger partial charge in [-0.2, -0.15) is 0 Å². The third-order valence-electron chi connectivity index (χ3n) is 3.42. The van der Waals surface area contributed by atoms with E-state index in [1.165, 1.54) is 30.4 Å². The first-order valence-corrected chi connectivity index (χ1v) is 6.40. The average Bonchev–Trinajstić information content (AvgIpc) is 2.89. The van der Waals surface area contributed by atoms with Crippen LogP contribution in [0.1, 0.15) is 24.0 Å². The second-order valence-electron chi connectivity index (χ2n) is 4.58. The minimum atomic E-state index is -0.186. The molecule has 1 heterocycles. The van der Waals surface area contributed by atoms with Gasteiger partial charge in [0.15, 0.2) is 6.29 Å². The van der Waals surface area contributed by atoms with E-state index < -0.39 is 0 Å². The van der Waals surface area contributed by atoms with Gasteiger partial charge in [0.05, 0.1) is 13.2 Å². The summed E-state index contributed by atoms with van der Waals surface area (Å²) < 4.78 is 16.6. The summed E-state index contributed by atoms with van der Waals surface area (Å²) in [6.45, 7) is 1.86.